The van der Waals surface area contributed by atoms with Gasteiger partial charge in [-0.15, -0.1) is 0 Å². The average Bonchev–Trinajstić information content (AvgIpc) is 3.11. The van der Waals surface area contributed by atoms with Crippen LogP contribution in [0.2, 0.25) is 0 Å². The Morgan fingerprint density at radius 2 is 0.969 bits per heavy atom. The lowest BCUT2D eigenvalue weighted by Crippen LogP contribution is -1.87. The summed E-state index contributed by atoms with van der Waals surface area (Å²) in [7, 11) is 2.17. The third kappa shape index (κ3) is 3.73. The summed E-state index contributed by atoms with van der Waals surface area (Å²) in [6.07, 6.45) is 4.61. The number of rotatable bonds is 6. The van der Waals surface area contributed by atoms with Gasteiger partial charge < -0.3 is 4.57 Å². The molecule has 0 amide bonds. The fraction of sp³-hybridized carbons (Fsp3) is 0.226. The minimum absolute atomic E-state index is 1.13. The van der Waals surface area contributed by atoms with Crippen molar-refractivity contribution in [2.45, 2.75) is 39.5 Å². The third-order valence-corrected chi connectivity index (χ3v) is 6.60. The van der Waals surface area contributed by atoms with Gasteiger partial charge in [0.25, 0.3) is 0 Å². The molecule has 0 N–H and O–H groups in total. The summed E-state index contributed by atoms with van der Waals surface area (Å²) in [5.74, 6) is 0. The zero-order valence-corrected chi connectivity index (χ0v) is 19.4. The molecule has 1 heterocycles. The molecule has 1 nitrogen and oxygen atoms in total. The molecule has 0 saturated carbocycles. The largest absolute Gasteiger partial charge is 0.344 e. The number of hydrogen-bond donors (Lipinski definition) is 0. The monoisotopic (exact) mass is 417 g/mol. The van der Waals surface area contributed by atoms with Crippen LogP contribution in [0.25, 0.3) is 44.1 Å². The van der Waals surface area contributed by atoms with Crippen LogP contribution in [-0.4, -0.2) is 4.57 Å². The zero-order chi connectivity index (χ0) is 22.1. The molecule has 0 radical (unpaired) electrons. The van der Waals surface area contributed by atoms with Crippen LogP contribution >= 0.6 is 0 Å². The highest BCUT2D eigenvalue weighted by atomic mass is 14.9. The molecular weight excluding hydrogens is 386 g/mol. The molecule has 0 aliphatic rings. The Bertz CT molecular complexity index is 1300. The molecule has 5 aromatic rings. The predicted molar refractivity (Wildman–Crippen MR) is 139 cm³/mol. The van der Waals surface area contributed by atoms with E-state index in [0.717, 1.165) is 12.8 Å². The SMILES string of the molecule is CCCc1cccc(-c2ccc3c(c2)c2cc(-c4cccc(CCC)c4)ccc2n3C)c1. The molecule has 160 valence electrons. The number of aryl methyl sites for hydroxylation is 3. The second-order valence-electron chi connectivity index (χ2n) is 8.92. The van der Waals surface area contributed by atoms with Gasteiger partial charge in [-0.25, -0.2) is 0 Å². The molecule has 0 aliphatic carbocycles. The Morgan fingerprint density at radius 1 is 0.531 bits per heavy atom. The molecule has 0 unspecified atom stereocenters. The van der Waals surface area contributed by atoms with E-state index in [0.29, 0.717) is 0 Å². The lowest BCUT2D eigenvalue weighted by Gasteiger charge is -2.07. The molecule has 1 aromatic heterocycles. The Kier molecular flexibility index (Phi) is 5.57. The molecule has 32 heavy (non-hydrogen) atoms. The summed E-state index contributed by atoms with van der Waals surface area (Å²) in [6.45, 7) is 4.48. The predicted octanol–water partition coefficient (Wildman–Crippen LogP) is 8.57. The van der Waals surface area contributed by atoms with Gasteiger partial charge in [-0.1, -0.05) is 87.4 Å². The summed E-state index contributed by atoms with van der Waals surface area (Å²) in [4.78, 5) is 0. The first-order valence-electron chi connectivity index (χ1n) is 11.9. The van der Waals surface area contributed by atoms with Crippen LogP contribution in [0.15, 0.2) is 84.9 Å². The lowest BCUT2D eigenvalue weighted by atomic mass is 9.97. The van der Waals surface area contributed by atoms with Crippen molar-refractivity contribution in [1.29, 1.82) is 0 Å². The van der Waals surface area contributed by atoms with Crippen molar-refractivity contribution in [2.75, 3.05) is 0 Å². The van der Waals surface area contributed by atoms with E-state index in [1.165, 1.54) is 68.0 Å². The van der Waals surface area contributed by atoms with Crippen LogP contribution in [-0.2, 0) is 19.9 Å². The van der Waals surface area contributed by atoms with Crippen molar-refractivity contribution >= 4 is 21.8 Å². The summed E-state index contributed by atoms with van der Waals surface area (Å²) < 4.78 is 2.32. The first-order chi connectivity index (χ1) is 15.7. The summed E-state index contributed by atoms with van der Waals surface area (Å²) in [5, 5.41) is 2.65. The van der Waals surface area contributed by atoms with Gasteiger partial charge in [0.2, 0.25) is 0 Å². The molecule has 5 rings (SSSR count). The maximum absolute atomic E-state index is 2.38. The summed E-state index contributed by atoms with van der Waals surface area (Å²) >= 11 is 0. The van der Waals surface area contributed by atoms with Gasteiger partial charge in [0.1, 0.15) is 0 Å². The van der Waals surface area contributed by atoms with E-state index in [1.807, 2.05) is 0 Å². The Morgan fingerprint density at radius 3 is 1.41 bits per heavy atom. The Labute approximate surface area is 191 Å². The van der Waals surface area contributed by atoms with E-state index in [1.54, 1.807) is 0 Å². The van der Waals surface area contributed by atoms with Gasteiger partial charge >= 0.3 is 0 Å². The third-order valence-electron chi connectivity index (χ3n) is 6.60. The van der Waals surface area contributed by atoms with Gasteiger partial charge in [0.05, 0.1) is 0 Å². The van der Waals surface area contributed by atoms with Crippen LogP contribution in [0, 0.1) is 0 Å². The Balaban J connectivity index is 1.65. The first-order valence-corrected chi connectivity index (χ1v) is 11.9. The molecule has 0 fully saturated rings. The molecule has 0 saturated heterocycles. The molecule has 1 heteroatoms. The smallest absolute Gasteiger partial charge is 0.0489 e. The number of nitrogens with zero attached hydrogens (tertiary/aromatic N) is 1. The van der Waals surface area contributed by atoms with Gasteiger partial charge in [-0.05, 0) is 70.5 Å². The molecule has 0 bridgehead atoms. The molecular formula is C31H31N. The second kappa shape index (κ2) is 8.67. The Hall–Kier alpha value is -3.32. The molecule has 0 atom stereocenters. The fourth-order valence-corrected chi connectivity index (χ4v) is 4.97. The quantitative estimate of drug-likeness (QED) is 0.261. The van der Waals surface area contributed by atoms with E-state index < -0.39 is 0 Å². The second-order valence-corrected chi connectivity index (χ2v) is 8.92. The molecule has 0 spiro atoms. The zero-order valence-electron chi connectivity index (χ0n) is 19.4. The van der Waals surface area contributed by atoms with Gasteiger partial charge in [0, 0.05) is 28.9 Å². The maximum Gasteiger partial charge on any atom is 0.0489 e. The minimum Gasteiger partial charge on any atom is -0.344 e. The standard InChI is InChI=1S/C31H31N/c1-4-8-22-10-6-12-24(18-22)26-14-16-30-28(20-26)29-21-27(15-17-31(29)32(30)3)25-13-7-11-23(19-25)9-5-2/h6-7,10-21H,4-5,8-9H2,1-3H3. The minimum atomic E-state index is 1.13. The van der Waals surface area contributed by atoms with E-state index >= 15 is 0 Å². The van der Waals surface area contributed by atoms with Gasteiger partial charge in [-0.2, -0.15) is 0 Å². The summed E-state index contributed by atoms with van der Waals surface area (Å²) in [6, 6.07) is 31.8. The molecule has 0 aliphatic heterocycles. The van der Waals surface area contributed by atoms with Crippen molar-refractivity contribution in [3.8, 4) is 22.3 Å². The van der Waals surface area contributed by atoms with Crippen molar-refractivity contribution in [3.63, 3.8) is 0 Å². The summed E-state index contributed by atoms with van der Waals surface area (Å²) in [5.41, 5.74) is 10.6. The molecule has 4 aromatic carbocycles. The highest BCUT2D eigenvalue weighted by molar-refractivity contribution is 6.10. The lowest BCUT2D eigenvalue weighted by molar-refractivity contribution is 0.922. The normalized spacial score (nSPS) is 11.5. The van der Waals surface area contributed by atoms with Crippen LogP contribution in [0.5, 0.6) is 0 Å². The van der Waals surface area contributed by atoms with Crippen molar-refractivity contribution < 1.29 is 0 Å². The van der Waals surface area contributed by atoms with E-state index in [4.69, 9.17) is 0 Å². The number of benzene rings is 4. The maximum atomic E-state index is 2.38. The average molecular weight is 418 g/mol. The van der Waals surface area contributed by atoms with Crippen LogP contribution < -0.4 is 0 Å². The fourth-order valence-electron chi connectivity index (χ4n) is 4.97. The van der Waals surface area contributed by atoms with Gasteiger partial charge in [0.15, 0.2) is 0 Å². The van der Waals surface area contributed by atoms with Crippen molar-refractivity contribution in [2.24, 2.45) is 7.05 Å². The van der Waals surface area contributed by atoms with Gasteiger partial charge in [-0.3, -0.25) is 0 Å². The van der Waals surface area contributed by atoms with E-state index in [2.05, 4.69) is 110 Å². The number of hydrogen-bond acceptors (Lipinski definition) is 0. The highest BCUT2D eigenvalue weighted by Gasteiger charge is 2.11. The van der Waals surface area contributed by atoms with Crippen molar-refractivity contribution in [3.05, 3.63) is 96.1 Å². The van der Waals surface area contributed by atoms with E-state index in [9.17, 15) is 0 Å². The van der Waals surface area contributed by atoms with Crippen LogP contribution in [0.1, 0.15) is 37.8 Å². The first kappa shape index (κ1) is 20.6. The van der Waals surface area contributed by atoms with Crippen molar-refractivity contribution in [1.82, 2.24) is 4.57 Å². The van der Waals surface area contributed by atoms with E-state index in [-0.39, 0.29) is 0 Å². The topological polar surface area (TPSA) is 4.93 Å². The number of fused-ring (bicyclic) bond motifs is 3. The van der Waals surface area contributed by atoms with Crippen LogP contribution in [0.4, 0.5) is 0 Å². The van der Waals surface area contributed by atoms with Crippen LogP contribution in [0.3, 0.4) is 0 Å². The highest BCUT2D eigenvalue weighted by Crippen LogP contribution is 2.35. The number of aromatic nitrogens is 1.